The number of nitrogen functional groups attached to an aromatic ring is 1. The van der Waals surface area contributed by atoms with Gasteiger partial charge in [-0.3, -0.25) is 9.10 Å². The van der Waals surface area contributed by atoms with Gasteiger partial charge >= 0.3 is 0 Å². The van der Waals surface area contributed by atoms with Gasteiger partial charge in [0.2, 0.25) is 5.95 Å². The molecule has 1 aromatic carbocycles. The maximum atomic E-state index is 13.0. The van der Waals surface area contributed by atoms with Gasteiger partial charge in [0.15, 0.2) is 0 Å². The highest BCUT2D eigenvalue weighted by atomic mass is 32.1. The molecule has 1 aliphatic carbocycles. The van der Waals surface area contributed by atoms with Crippen LogP contribution in [0.3, 0.4) is 0 Å². The second kappa shape index (κ2) is 7.28. The second-order valence-corrected chi connectivity index (χ2v) is 6.80. The molecule has 2 aromatic heterocycles. The number of carbonyl (C=O) groups excluding carboxylic acids is 1. The van der Waals surface area contributed by atoms with E-state index in [4.69, 9.17) is 5.73 Å². The number of carbonyl (C=O) groups is 1. The lowest BCUT2D eigenvalue weighted by atomic mass is 10.1. The van der Waals surface area contributed by atoms with Gasteiger partial charge in [-0.1, -0.05) is 37.1 Å². The molecule has 0 radical (unpaired) electrons. The van der Waals surface area contributed by atoms with Crippen LogP contribution in [-0.2, 0) is 0 Å². The van der Waals surface area contributed by atoms with Crippen LogP contribution in [0.2, 0.25) is 0 Å². The molecule has 0 saturated heterocycles. The molecular weight excluding hydrogens is 358 g/mol. The number of hydrogen-bond acceptors (Lipinski definition) is 5. The molecule has 0 saturated carbocycles. The molecule has 6 nitrogen and oxygen atoms in total. The molecule has 0 atom stereocenters. The predicted octanol–water partition coefficient (Wildman–Crippen LogP) is 3.57. The largest absolute Gasteiger partial charge is 0.368 e. The number of benzene rings is 1. The average molecular weight is 377 g/mol. The molecule has 27 heavy (non-hydrogen) atoms. The van der Waals surface area contributed by atoms with E-state index in [0.29, 0.717) is 17.9 Å². The van der Waals surface area contributed by atoms with Crippen LogP contribution in [0, 0.1) is 0 Å². The van der Waals surface area contributed by atoms with Crippen molar-refractivity contribution in [2.45, 2.75) is 12.8 Å². The van der Waals surface area contributed by atoms with Crippen LogP contribution in [-0.4, -0.2) is 31.3 Å². The van der Waals surface area contributed by atoms with Gasteiger partial charge in [0.05, 0.1) is 12.1 Å². The third-order valence-electron chi connectivity index (χ3n) is 4.51. The van der Waals surface area contributed by atoms with Crippen molar-refractivity contribution in [2.75, 3.05) is 12.3 Å². The first-order valence-electron chi connectivity index (χ1n) is 8.69. The predicted molar refractivity (Wildman–Crippen MR) is 110 cm³/mol. The Hall–Kier alpha value is -3.06. The number of hydrogen-bond donors (Lipinski definition) is 2. The van der Waals surface area contributed by atoms with Crippen LogP contribution in [0.15, 0.2) is 66.5 Å². The average Bonchev–Trinajstić information content (AvgIpc) is 3.12. The van der Waals surface area contributed by atoms with Crippen molar-refractivity contribution in [3.8, 4) is 5.82 Å². The number of nitrogens with zero attached hydrogens (tertiary/aromatic N) is 4. The minimum Gasteiger partial charge on any atom is -0.368 e. The molecule has 4 rings (SSSR count). The number of rotatable bonds is 4. The van der Waals surface area contributed by atoms with Crippen molar-refractivity contribution in [1.29, 1.82) is 0 Å². The van der Waals surface area contributed by atoms with Crippen molar-refractivity contribution in [1.82, 2.24) is 18.8 Å². The third kappa shape index (κ3) is 3.46. The number of aromatic nitrogens is 3. The number of fused-ring (bicyclic) bond motifs is 1. The zero-order valence-electron chi connectivity index (χ0n) is 14.6. The van der Waals surface area contributed by atoms with Crippen molar-refractivity contribution in [3.63, 3.8) is 0 Å². The highest BCUT2D eigenvalue weighted by Crippen LogP contribution is 2.25. The van der Waals surface area contributed by atoms with Crippen molar-refractivity contribution in [2.24, 2.45) is 0 Å². The van der Waals surface area contributed by atoms with Crippen LogP contribution in [0.1, 0.15) is 23.2 Å². The summed E-state index contributed by atoms with van der Waals surface area (Å²) < 4.78 is 3.34. The number of thiol groups is 1. The highest BCUT2D eigenvalue weighted by molar-refractivity contribution is 7.78. The molecule has 0 spiro atoms. The first-order chi connectivity index (χ1) is 13.1. The van der Waals surface area contributed by atoms with Gasteiger partial charge in [-0.25, -0.2) is 4.98 Å². The molecule has 0 aliphatic heterocycles. The van der Waals surface area contributed by atoms with Crippen molar-refractivity contribution in [3.05, 3.63) is 72.1 Å². The van der Waals surface area contributed by atoms with Crippen LogP contribution in [0.5, 0.6) is 0 Å². The van der Waals surface area contributed by atoms with Crippen LogP contribution >= 0.6 is 12.8 Å². The van der Waals surface area contributed by atoms with E-state index in [9.17, 15) is 4.79 Å². The van der Waals surface area contributed by atoms with E-state index in [1.807, 2.05) is 35.0 Å². The highest BCUT2D eigenvalue weighted by Gasteiger charge is 2.18. The summed E-state index contributed by atoms with van der Waals surface area (Å²) in [6.07, 6.45) is 11.9. The van der Waals surface area contributed by atoms with Crippen LogP contribution in [0.4, 0.5) is 5.95 Å². The topological polar surface area (TPSA) is 77.0 Å². The van der Waals surface area contributed by atoms with E-state index in [-0.39, 0.29) is 11.9 Å². The summed E-state index contributed by atoms with van der Waals surface area (Å²) in [5, 5.41) is 0.840. The Balaban J connectivity index is 1.67. The maximum Gasteiger partial charge on any atom is 0.264 e. The standard InChI is InChI=1S/C20H19N5OS/c21-20-22-11-9-18(23-20)24-12-10-15-16(7-4-8-17(15)24)19(26)25(27)13-14-5-2-1-3-6-14/h2,4-12,27H,1,3,13H2,(H2,21,22,23). The zero-order chi connectivity index (χ0) is 18.8. The zero-order valence-corrected chi connectivity index (χ0v) is 15.5. The lowest BCUT2D eigenvalue weighted by molar-refractivity contribution is 0.0883. The quantitative estimate of drug-likeness (QED) is 0.682. The van der Waals surface area contributed by atoms with Gasteiger partial charge in [-0.15, -0.1) is 0 Å². The summed E-state index contributed by atoms with van der Waals surface area (Å²) in [7, 11) is 0. The normalized spacial score (nSPS) is 13.6. The summed E-state index contributed by atoms with van der Waals surface area (Å²) >= 11 is 4.43. The molecule has 0 bridgehead atoms. The number of allylic oxidation sites excluding steroid dienone is 2. The lowest BCUT2D eigenvalue weighted by Gasteiger charge is -2.18. The minimum atomic E-state index is -0.135. The Morgan fingerprint density at radius 3 is 2.93 bits per heavy atom. The van der Waals surface area contributed by atoms with E-state index >= 15 is 0 Å². The minimum absolute atomic E-state index is 0.135. The summed E-state index contributed by atoms with van der Waals surface area (Å²) in [5.74, 6) is 0.725. The fourth-order valence-corrected chi connectivity index (χ4v) is 3.49. The fourth-order valence-electron chi connectivity index (χ4n) is 3.22. The summed E-state index contributed by atoms with van der Waals surface area (Å²) in [4.78, 5) is 21.2. The molecule has 2 N–H and O–H groups in total. The Morgan fingerprint density at radius 2 is 2.15 bits per heavy atom. The number of amides is 1. The molecule has 3 aromatic rings. The van der Waals surface area contributed by atoms with Crippen LogP contribution < -0.4 is 5.73 Å². The van der Waals surface area contributed by atoms with Crippen molar-refractivity contribution >= 4 is 35.6 Å². The van der Waals surface area contributed by atoms with E-state index in [2.05, 4.69) is 41.0 Å². The third-order valence-corrected chi connectivity index (χ3v) is 4.83. The van der Waals surface area contributed by atoms with E-state index in [1.54, 1.807) is 12.3 Å². The molecule has 1 aliphatic rings. The van der Waals surface area contributed by atoms with E-state index < -0.39 is 0 Å². The first-order valence-corrected chi connectivity index (χ1v) is 9.09. The summed E-state index contributed by atoms with van der Waals surface area (Å²) in [5.41, 5.74) is 8.27. The Morgan fingerprint density at radius 1 is 1.26 bits per heavy atom. The second-order valence-electron chi connectivity index (χ2n) is 6.32. The van der Waals surface area contributed by atoms with Gasteiger partial charge in [-0.05, 0) is 42.7 Å². The lowest BCUT2D eigenvalue weighted by Crippen LogP contribution is -2.24. The smallest absolute Gasteiger partial charge is 0.264 e. The Bertz CT molecular complexity index is 1070. The SMILES string of the molecule is Nc1nccc(-n2ccc3c(C(=O)N(S)CC4=CCCC=C4)cccc32)n1. The summed E-state index contributed by atoms with van der Waals surface area (Å²) in [6.45, 7) is 0.470. The monoisotopic (exact) mass is 377 g/mol. The molecule has 136 valence electrons. The summed E-state index contributed by atoms with van der Waals surface area (Å²) in [6, 6.07) is 9.30. The maximum absolute atomic E-state index is 13.0. The Kier molecular flexibility index (Phi) is 4.68. The van der Waals surface area contributed by atoms with E-state index in [0.717, 1.165) is 29.3 Å². The Labute approximate surface area is 162 Å². The first kappa shape index (κ1) is 17.4. The van der Waals surface area contributed by atoms with Gasteiger partial charge < -0.3 is 10.3 Å². The van der Waals surface area contributed by atoms with Gasteiger partial charge in [0.25, 0.3) is 5.91 Å². The van der Waals surface area contributed by atoms with Gasteiger partial charge in [0.1, 0.15) is 5.82 Å². The van der Waals surface area contributed by atoms with Crippen LogP contribution in [0.25, 0.3) is 16.7 Å². The molecule has 2 heterocycles. The molecule has 0 fully saturated rings. The fraction of sp³-hybridized carbons (Fsp3) is 0.150. The molecule has 7 heteroatoms. The molecule has 1 amide bonds. The molecule has 0 unspecified atom stereocenters. The number of nitrogens with two attached hydrogens (primary N) is 1. The number of anilines is 1. The molecular formula is C20H19N5OS. The van der Waals surface area contributed by atoms with Crippen molar-refractivity contribution < 1.29 is 4.79 Å². The van der Waals surface area contributed by atoms with E-state index in [1.165, 1.54) is 4.31 Å². The van der Waals surface area contributed by atoms with Gasteiger partial charge in [-0.2, -0.15) is 4.98 Å². The van der Waals surface area contributed by atoms with Gasteiger partial charge in [0, 0.05) is 23.3 Å².